The van der Waals surface area contributed by atoms with Crippen LogP contribution >= 0.6 is 0 Å². The molecule has 1 saturated carbocycles. The highest BCUT2D eigenvalue weighted by molar-refractivity contribution is 5.90. The predicted octanol–water partition coefficient (Wildman–Crippen LogP) is 3.38. The zero-order valence-electron chi connectivity index (χ0n) is 18.8. The van der Waals surface area contributed by atoms with Crippen LogP contribution in [0.3, 0.4) is 0 Å². The third-order valence-electron chi connectivity index (χ3n) is 6.96. The van der Waals surface area contributed by atoms with Gasteiger partial charge in [-0.25, -0.2) is 4.98 Å². The zero-order chi connectivity index (χ0) is 22.6. The van der Waals surface area contributed by atoms with Gasteiger partial charge in [0.2, 0.25) is 11.8 Å². The van der Waals surface area contributed by atoms with Gasteiger partial charge < -0.3 is 14.8 Å². The minimum Gasteiger partial charge on any atom is -0.344 e. The van der Waals surface area contributed by atoms with Gasteiger partial charge >= 0.3 is 0 Å². The molecular formula is C27H30N4O2. The number of nitrogens with zero attached hydrogens (tertiary/aromatic N) is 3. The van der Waals surface area contributed by atoms with Gasteiger partial charge in [-0.15, -0.1) is 0 Å². The summed E-state index contributed by atoms with van der Waals surface area (Å²) in [6.07, 6.45) is 6.82. The van der Waals surface area contributed by atoms with Crippen molar-refractivity contribution in [2.24, 2.45) is 5.92 Å². The van der Waals surface area contributed by atoms with Crippen LogP contribution in [0, 0.1) is 5.92 Å². The lowest BCUT2D eigenvalue weighted by molar-refractivity contribution is -0.134. The topological polar surface area (TPSA) is 67.2 Å². The fraction of sp³-hybridized carbons (Fsp3) is 0.370. The quantitative estimate of drug-likeness (QED) is 0.610. The van der Waals surface area contributed by atoms with Crippen molar-refractivity contribution in [2.75, 3.05) is 13.1 Å². The van der Waals surface area contributed by atoms with E-state index in [0.29, 0.717) is 37.8 Å². The second kappa shape index (κ2) is 9.61. The molecule has 1 saturated heterocycles. The van der Waals surface area contributed by atoms with Crippen LogP contribution in [0.25, 0.3) is 0 Å². The first-order valence-corrected chi connectivity index (χ1v) is 11.8. The highest BCUT2D eigenvalue weighted by atomic mass is 16.2. The van der Waals surface area contributed by atoms with E-state index in [9.17, 15) is 9.59 Å². The number of carbonyl (C=O) groups is 2. The predicted molar refractivity (Wildman–Crippen MR) is 127 cm³/mol. The molecule has 1 aliphatic carbocycles. The van der Waals surface area contributed by atoms with Crippen LogP contribution in [-0.4, -0.2) is 45.4 Å². The Balaban J connectivity index is 1.24. The SMILES string of the molecule is O=C1CCN(CC2CCC2c2ccccc2)C(=O)[C@H](Cc2cn(Cc3ccccc3)cn2)N1. The van der Waals surface area contributed by atoms with Crippen LogP contribution in [0.5, 0.6) is 0 Å². The van der Waals surface area contributed by atoms with E-state index >= 15 is 0 Å². The van der Waals surface area contributed by atoms with Gasteiger partial charge in [0.05, 0.1) is 12.0 Å². The Morgan fingerprint density at radius 3 is 2.45 bits per heavy atom. The number of aromatic nitrogens is 2. The molecule has 2 fully saturated rings. The fourth-order valence-corrected chi connectivity index (χ4v) is 5.03. The van der Waals surface area contributed by atoms with Crippen molar-refractivity contribution in [3.05, 3.63) is 90.0 Å². The third kappa shape index (κ3) is 5.00. The minimum atomic E-state index is -0.560. The molecule has 2 aliphatic rings. The van der Waals surface area contributed by atoms with Gasteiger partial charge in [0.15, 0.2) is 0 Å². The average Bonchev–Trinajstić information content (AvgIpc) is 3.20. The lowest BCUT2D eigenvalue weighted by Gasteiger charge is -2.40. The molecule has 1 aliphatic heterocycles. The highest BCUT2D eigenvalue weighted by Crippen LogP contribution is 2.43. The molecular weight excluding hydrogens is 412 g/mol. The normalized spacial score (nSPS) is 23.0. The summed E-state index contributed by atoms with van der Waals surface area (Å²) in [4.78, 5) is 32.2. The summed E-state index contributed by atoms with van der Waals surface area (Å²) < 4.78 is 2.02. The van der Waals surface area contributed by atoms with Crippen molar-refractivity contribution in [2.45, 2.75) is 44.2 Å². The van der Waals surface area contributed by atoms with Crippen molar-refractivity contribution in [1.82, 2.24) is 19.8 Å². The number of hydrogen-bond acceptors (Lipinski definition) is 3. The molecule has 6 nitrogen and oxygen atoms in total. The van der Waals surface area contributed by atoms with Gasteiger partial charge in [0, 0.05) is 38.7 Å². The summed E-state index contributed by atoms with van der Waals surface area (Å²) in [6, 6.07) is 20.2. The maximum atomic E-state index is 13.4. The molecule has 1 aromatic heterocycles. The third-order valence-corrected chi connectivity index (χ3v) is 6.96. The molecule has 2 unspecified atom stereocenters. The molecule has 2 heterocycles. The summed E-state index contributed by atoms with van der Waals surface area (Å²) in [7, 11) is 0. The lowest BCUT2D eigenvalue weighted by atomic mass is 9.69. The zero-order valence-corrected chi connectivity index (χ0v) is 18.8. The van der Waals surface area contributed by atoms with Gasteiger partial charge in [0.25, 0.3) is 0 Å². The van der Waals surface area contributed by atoms with E-state index in [0.717, 1.165) is 25.1 Å². The van der Waals surface area contributed by atoms with E-state index in [1.807, 2.05) is 39.9 Å². The van der Waals surface area contributed by atoms with Crippen molar-refractivity contribution < 1.29 is 9.59 Å². The van der Waals surface area contributed by atoms with E-state index in [-0.39, 0.29) is 11.8 Å². The number of amides is 2. The van der Waals surface area contributed by atoms with Crippen molar-refractivity contribution in [3.63, 3.8) is 0 Å². The minimum absolute atomic E-state index is 0.0113. The highest BCUT2D eigenvalue weighted by Gasteiger charge is 2.37. The van der Waals surface area contributed by atoms with Crippen molar-refractivity contribution in [3.8, 4) is 0 Å². The number of carbonyl (C=O) groups excluding carboxylic acids is 2. The Kier molecular flexibility index (Phi) is 6.24. The first-order valence-electron chi connectivity index (χ1n) is 11.8. The van der Waals surface area contributed by atoms with Crippen LogP contribution in [0.4, 0.5) is 0 Å². The van der Waals surface area contributed by atoms with Crippen LogP contribution in [-0.2, 0) is 22.6 Å². The van der Waals surface area contributed by atoms with Gasteiger partial charge in [-0.05, 0) is 35.8 Å². The average molecular weight is 443 g/mol. The fourth-order valence-electron chi connectivity index (χ4n) is 5.03. The first kappa shape index (κ1) is 21.4. The molecule has 170 valence electrons. The first-order chi connectivity index (χ1) is 16.2. The Morgan fingerprint density at radius 1 is 0.970 bits per heavy atom. The summed E-state index contributed by atoms with van der Waals surface area (Å²) in [6.45, 7) is 1.93. The molecule has 5 rings (SSSR count). The molecule has 0 radical (unpaired) electrons. The Morgan fingerprint density at radius 2 is 1.73 bits per heavy atom. The van der Waals surface area contributed by atoms with E-state index in [1.165, 1.54) is 11.1 Å². The van der Waals surface area contributed by atoms with Gasteiger partial charge in [-0.3, -0.25) is 9.59 Å². The van der Waals surface area contributed by atoms with Crippen LogP contribution in [0.15, 0.2) is 73.2 Å². The van der Waals surface area contributed by atoms with Crippen LogP contribution in [0.2, 0.25) is 0 Å². The largest absolute Gasteiger partial charge is 0.344 e. The number of hydrogen-bond donors (Lipinski definition) is 1. The summed E-state index contributed by atoms with van der Waals surface area (Å²) in [5.41, 5.74) is 3.36. The van der Waals surface area contributed by atoms with Gasteiger partial charge in [-0.2, -0.15) is 0 Å². The number of rotatable bonds is 7. The molecule has 2 amide bonds. The maximum Gasteiger partial charge on any atom is 0.245 e. The Hall–Kier alpha value is -3.41. The Bertz CT molecular complexity index is 1100. The molecule has 3 atom stereocenters. The van der Waals surface area contributed by atoms with Crippen LogP contribution < -0.4 is 5.32 Å². The lowest BCUT2D eigenvalue weighted by Crippen LogP contribution is -2.48. The molecule has 0 spiro atoms. The maximum absolute atomic E-state index is 13.4. The molecule has 33 heavy (non-hydrogen) atoms. The molecule has 0 bridgehead atoms. The van der Waals surface area contributed by atoms with E-state index in [2.05, 4.69) is 46.7 Å². The number of nitrogens with one attached hydrogen (secondary N) is 1. The van der Waals surface area contributed by atoms with E-state index < -0.39 is 6.04 Å². The molecule has 6 heteroatoms. The molecule has 3 aromatic rings. The van der Waals surface area contributed by atoms with Crippen LogP contribution in [0.1, 0.15) is 42.0 Å². The molecule has 2 aromatic carbocycles. The van der Waals surface area contributed by atoms with Crippen molar-refractivity contribution >= 4 is 11.8 Å². The van der Waals surface area contributed by atoms with E-state index in [4.69, 9.17) is 0 Å². The number of imidazole rings is 1. The molecule has 1 N–H and O–H groups in total. The summed E-state index contributed by atoms with van der Waals surface area (Å²) >= 11 is 0. The Labute approximate surface area is 194 Å². The monoisotopic (exact) mass is 442 g/mol. The summed E-state index contributed by atoms with van der Waals surface area (Å²) in [5.74, 6) is 0.901. The summed E-state index contributed by atoms with van der Waals surface area (Å²) in [5, 5.41) is 2.94. The standard InChI is InChI=1S/C27H30N4O2/c32-26-13-14-31(17-22-11-12-24(22)21-9-5-2-6-10-21)27(33)25(29-26)15-23-18-30(19-28-23)16-20-7-3-1-4-8-20/h1-10,18-19,22,24-25H,11-17H2,(H,29,32)/t22?,24?,25-/m0/s1. The van der Waals surface area contributed by atoms with E-state index in [1.54, 1.807) is 6.33 Å². The second-order valence-corrected chi connectivity index (χ2v) is 9.24. The smallest absolute Gasteiger partial charge is 0.245 e. The van der Waals surface area contributed by atoms with Gasteiger partial charge in [-0.1, -0.05) is 60.7 Å². The number of benzene rings is 2. The van der Waals surface area contributed by atoms with Gasteiger partial charge in [0.1, 0.15) is 6.04 Å². The van der Waals surface area contributed by atoms with Crippen molar-refractivity contribution in [1.29, 1.82) is 0 Å². The second-order valence-electron chi connectivity index (χ2n) is 9.24.